The van der Waals surface area contributed by atoms with Crippen molar-refractivity contribution in [3.05, 3.63) is 63.1 Å². The fourth-order valence-corrected chi connectivity index (χ4v) is 2.85. The van der Waals surface area contributed by atoms with Crippen molar-refractivity contribution in [2.24, 2.45) is 0 Å². The van der Waals surface area contributed by atoms with Crippen LogP contribution < -0.4 is 4.90 Å². The molecule has 0 aromatic heterocycles. The third kappa shape index (κ3) is 3.98. The van der Waals surface area contributed by atoms with Gasteiger partial charge in [0.25, 0.3) is 0 Å². The van der Waals surface area contributed by atoms with Gasteiger partial charge in [-0.25, -0.2) is 0 Å². The van der Waals surface area contributed by atoms with Gasteiger partial charge in [0.1, 0.15) is 0 Å². The van der Waals surface area contributed by atoms with E-state index in [9.17, 15) is 0 Å². The van der Waals surface area contributed by atoms with Gasteiger partial charge in [0.2, 0.25) is 0 Å². The van der Waals surface area contributed by atoms with Crippen LogP contribution in [-0.2, 0) is 11.9 Å². The molecule has 0 unspecified atom stereocenters. The van der Waals surface area contributed by atoms with E-state index in [1.54, 1.807) is 0 Å². The minimum absolute atomic E-state index is 0.788. The van der Waals surface area contributed by atoms with Gasteiger partial charge in [-0.2, -0.15) is 0 Å². The highest BCUT2D eigenvalue weighted by molar-refractivity contribution is 9.10. The first kappa shape index (κ1) is 14.9. The van der Waals surface area contributed by atoms with Gasteiger partial charge in [0.15, 0.2) is 0 Å². The molecule has 4 heteroatoms. The van der Waals surface area contributed by atoms with Crippen LogP contribution >= 0.6 is 43.5 Å². The van der Waals surface area contributed by atoms with E-state index in [4.69, 9.17) is 11.6 Å². The highest BCUT2D eigenvalue weighted by Gasteiger charge is 2.07. The van der Waals surface area contributed by atoms with Crippen LogP contribution in [0.3, 0.4) is 0 Å². The van der Waals surface area contributed by atoms with E-state index in [-0.39, 0.29) is 0 Å². The van der Waals surface area contributed by atoms with Crippen molar-refractivity contribution in [1.82, 2.24) is 0 Å². The summed E-state index contributed by atoms with van der Waals surface area (Å²) >= 11 is 13.2. The maximum Gasteiger partial charge on any atom is 0.0642 e. The van der Waals surface area contributed by atoms with E-state index in [1.165, 1.54) is 11.1 Å². The van der Waals surface area contributed by atoms with Gasteiger partial charge in [0.05, 0.1) is 10.7 Å². The van der Waals surface area contributed by atoms with E-state index in [2.05, 4.69) is 80.2 Å². The van der Waals surface area contributed by atoms with E-state index < -0.39 is 0 Å². The molecule has 2 rings (SSSR count). The first-order valence-corrected chi connectivity index (χ1v) is 8.19. The topological polar surface area (TPSA) is 3.24 Å². The van der Waals surface area contributed by atoms with Gasteiger partial charge in [-0.1, -0.05) is 61.7 Å². The van der Waals surface area contributed by atoms with Crippen LogP contribution in [0.2, 0.25) is 5.02 Å². The second kappa shape index (κ2) is 6.78. The average Bonchev–Trinajstić information content (AvgIpc) is 2.41. The van der Waals surface area contributed by atoms with Crippen LogP contribution in [0, 0.1) is 0 Å². The zero-order chi connectivity index (χ0) is 13.8. The van der Waals surface area contributed by atoms with Crippen molar-refractivity contribution in [1.29, 1.82) is 0 Å². The predicted molar refractivity (Wildman–Crippen MR) is 90.3 cm³/mol. The van der Waals surface area contributed by atoms with Crippen molar-refractivity contribution in [3.8, 4) is 0 Å². The second-order valence-electron chi connectivity index (χ2n) is 4.40. The Balaban J connectivity index is 2.15. The highest BCUT2D eigenvalue weighted by Crippen LogP contribution is 2.28. The highest BCUT2D eigenvalue weighted by atomic mass is 79.9. The van der Waals surface area contributed by atoms with Gasteiger partial charge in [-0.3, -0.25) is 0 Å². The molecule has 0 fully saturated rings. The lowest BCUT2D eigenvalue weighted by molar-refractivity contribution is 0.922. The zero-order valence-corrected chi connectivity index (χ0v) is 14.5. The fourth-order valence-electron chi connectivity index (χ4n) is 1.89. The maximum atomic E-state index is 6.32. The summed E-state index contributed by atoms with van der Waals surface area (Å²) in [5, 5.41) is 1.61. The number of anilines is 1. The molecule has 19 heavy (non-hydrogen) atoms. The molecule has 0 heterocycles. The number of rotatable bonds is 4. The smallest absolute Gasteiger partial charge is 0.0642 e. The normalized spacial score (nSPS) is 10.5. The molecule has 2 aromatic carbocycles. The molecule has 1 nitrogen and oxygen atoms in total. The molecule has 0 N–H and O–H groups in total. The summed E-state index contributed by atoms with van der Waals surface area (Å²) in [4.78, 5) is 2.16. The summed E-state index contributed by atoms with van der Waals surface area (Å²) in [7, 11) is 2.05. The average molecular weight is 404 g/mol. The summed E-state index contributed by atoms with van der Waals surface area (Å²) in [6.45, 7) is 0.834. The van der Waals surface area contributed by atoms with Gasteiger partial charge in [-0.15, -0.1) is 0 Å². The van der Waals surface area contributed by atoms with Crippen LogP contribution in [0.25, 0.3) is 0 Å². The molecule has 0 bridgehead atoms. The van der Waals surface area contributed by atoms with Crippen molar-refractivity contribution < 1.29 is 0 Å². The van der Waals surface area contributed by atoms with E-state index in [0.29, 0.717) is 0 Å². The quantitative estimate of drug-likeness (QED) is 0.598. The zero-order valence-electron chi connectivity index (χ0n) is 10.5. The molecule has 0 atom stereocenters. The summed E-state index contributed by atoms with van der Waals surface area (Å²) in [5.74, 6) is 0. The van der Waals surface area contributed by atoms with Crippen LogP contribution in [0.4, 0.5) is 5.69 Å². The Morgan fingerprint density at radius 3 is 2.26 bits per heavy atom. The molecule has 0 aliphatic rings. The van der Waals surface area contributed by atoms with E-state index in [0.717, 1.165) is 27.1 Å². The number of alkyl halides is 1. The molecular formula is C15H14Br2ClN. The van der Waals surface area contributed by atoms with Gasteiger partial charge in [-0.05, 0) is 35.4 Å². The summed E-state index contributed by atoms with van der Waals surface area (Å²) < 4.78 is 1.10. The van der Waals surface area contributed by atoms with Gasteiger partial charge < -0.3 is 4.90 Å². The third-order valence-electron chi connectivity index (χ3n) is 2.91. The molecule has 100 valence electrons. The number of halogens is 3. The van der Waals surface area contributed by atoms with Crippen LogP contribution in [0.1, 0.15) is 11.1 Å². The number of benzene rings is 2. The first-order valence-electron chi connectivity index (χ1n) is 5.90. The number of hydrogen-bond acceptors (Lipinski definition) is 1. The lowest BCUT2D eigenvalue weighted by atomic mass is 10.2. The standard InChI is InChI=1S/C15H14Br2ClN/c1-19(10-11-2-5-13(17)6-3-11)15-7-4-12(9-16)8-14(15)18/h2-8H,9-10H2,1H3. The molecule has 0 spiro atoms. The summed E-state index contributed by atoms with van der Waals surface area (Å²) in [6.07, 6.45) is 0. The SMILES string of the molecule is CN(Cc1ccc(Br)cc1)c1ccc(CBr)cc1Cl. The van der Waals surface area contributed by atoms with E-state index in [1.807, 2.05) is 6.07 Å². The fraction of sp³-hybridized carbons (Fsp3) is 0.200. The maximum absolute atomic E-state index is 6.32. The Kier molecular flexibility index (Phi) is 5.31. The Morgan fingerprint density at radius 2 is 1.68 bits per heavy atom. The Morgan fingerprint density at radius 1 is 1.05 bits per heavy atom. The molecule has 0 amide bonds. The minimum atomic E-state index is 0.788. The molecule has 2 aromatic rings. The van der Waals surface area contributed by atoms with Gasteiger partial charge in [0, 0.05) is 23.4 Å². The molecule has 0 saturated heterocycles. The van der Waals surface area contributed by atoms with Crippen LogP contribution in [0.15, 0.2) is 46.9 Å². The lowest BCUT2D eigenvalue weighted by Crippen LogP contribution is -2.16. The Bertz CT molecular complexity index is 555. The van der Waals surface area contributed by atoms with Crippen molar-refractivity contribution >= 4 is 49.1 Å². The van der Waals surface area contributed by atoms with Crippen LogP contribution in [0.5, 0.6) is 0 Å². The molecule has 0 radical (unpaired) electrons. The number of nitrogens with zero attached hydrogens (tertiary/aromatic N) is 1. The van der Waals surface area contributed by atoms with E-state index >= 15 is 0 Å². The molecular weight excluding hydrogens is 389 g/mol. The van der Waals surface area contributed by atoms with Crippen molar-refractivity contribution in [2.45, 2.75) is 11.9 Å². The number of hydrogen-bond donors (Lipinski definition) is 0. The third-order valence-corrected chi connectivity index (χ3v) is 4.39. The summed E-state index contributed by atoms with van der Waals surface area (Å²) in [5.41, 5.74) is 3.49. The second-order valence-corrected chi connectivity index (χ2v) is 6.29. The minimum Gasteiger partial charge on any atom is -0.369 e. The largest absolute Gasteiger partial charge is 0.369 e. The van der Waals surface area contributed by atoms with Gasteiger partial charge >= 0.3 is 0 Å². The lowest BCUT2D eigenvalue weighted by Gasteiger charge is -2.21. The summed E-state index contributed by atoms with van der Waals surface area (Å²) in [6, 6.07) is 14.5. The Labute approximate surface area is 135 Å². The molecule has 0 aliphatic heterocycles. The Hall–Kier alpha value is -0.510. The van der Waals surface area contributed by atoms with Crippen molar-refractivity contribution in [3.63, 3.8) is 0 Å². The van der Waals surface area contributed by atoms with Crippen LogP contribution in [-0.4, -0.2) is 7.05 Å². The molecule has 0 saturated carbocycles. The molecule has 0 aliphatic carbocycles. The first-order chi connectivity index (χ1) is 9.10. The van der Waals surface area contributed by atoms with Crippen molar-refractivity contribution in [2.75, 3.05) is 11.9 Å². The predicted octanol–water partition coefficient (Wildman–Crippen LogP) is 5.63. The monoisotopic (exact) mass is 401 g/mol.